The van der Waals surface area contributed by atoms with Gasteiger partial charge in [0.1, 0.15) is 12.1 Å². The van der Waals surface area contributed by atoms with Crippen LogP contribution in [0, 0.1) is 0 Å². The van der Waals surface area contributed by atoms with Gasteiger partial charge in [-0.15, -0.1) is 5.10 Å². The predicted octanol–water partition coefficient (Wildman–Crippen LogP) is -0.261. The first kappa shape index (κ1) is 23.6. The Morgan fingerprint density at radius 2 is 2.08 bits per heavy atom. The zero-order valence-electron chi connectivity index (χ0n) is 20.0. The third-order valence-corrected chi connectivity index (χ3v) is 6.10. The molecule has 3 N–H and O–H groups in total. The van der Waals surface area contributed by atoms with Crippen LogP contribution in [0.1, 0.15) is 21.6 Å². The summed E-state index contributed by atoms with van der Waals surface area (Å²) in [5.41, 5.74) is 9.43. The van der Waals surface area contributed by atoms with E-state index in [0.29, 0.717) is 29.2 Å². The van der Waals surface area contributed by atoms with E-state index in [9.17, 15) is 9.59 Å². The van der Waals surface area contributed by atoms with Crippen LogP contribution >= 0.6 is 0 Å². The van der Waals surface area contributed by atoms with Gasteiger partial charge in [0.25, 0.3) is 11.7 Å². The van der Waals surface area contributed by atoms with E-state index >= 15 is 0 Å². The zero-order valence-corrected chi connectivity index (χ0v) is 20.0. The molecule has 0 spiro atoms. The number of nitrogens with zero attached hydrogens (tertiary/aromatic N) is 7. The largest absolute Gasteiger partial charge is 0.496 e. The van der Waals surface area contributed by atoms with Crippen LogP contribution in [0.25, 0.3) is 23.0 Å². The monoisotopic (exact) mass is 497 g/mol. The number of methoxy groups -OCH3 is 1. The molecule has 5 heterocycles. The first-order valence-electron chi connectivity index (χ1n) is 11.4. The van der Waals surface area contributed by atoms with E-state index < -0.39 is 11.7 Å². The Morgan fingerprint density at radius 1 is 1.22 bits per heavy atom. The summed E-state index contributed by atoms with van der Waals surface area (Å²) in [5, 5.41) is 8.30. The number of nitrogens with two attached hydrogens (primary N) is 1. The number of nitrogens with one attached hydrogen (secondary N) is 1. The summed E-state index contributed by atoms with van der Waals surface area (Å²) in [6.07, 6.45) is 9.52. The number of amides is 1. The first-order chi connectivity index (χ1) is 18.0. The number of rotatable bonds is 6. The number of fused-ring (bicyclic) bond motifs is 1. The molecule has 0 fully saturated rings. The third kappa shape index (κ3) is 4.24. The number of carbonyl (C=O) groups is 2. The van der Waals surface area contributed by atoms with Crippen molar-refractivity contribution in [2.75, 3.05) is 13.7 Å². The summed E-state index contributed by atoms with van der Waals surface area (Å²) in [7, 11) is 1.44. The Morgan fingerprint density at radius 3 is 2.78 bits per heavy atom. The summed E-state index contributed by atoms with van der Waals surface area (Å²) in [5.74, 6) is -0.953. The average Bonchev–Trinajstić information content (AvgIpc) is 3.64. The summed E-state index contributed by atoms with van der Waals surface area (Å²) in [4.78, 5) is 44.5. The van der Waals surface area contributed by atoms with Gasteiger partial charge in [-0.2, -0.15) is 0 Å². The Bertz CT molecular complexity index is 1610. The molecule has 0 unspecified atom stereocenters. The highest BCUT2D eigenvalue weighted by Gasteiger charge is 2.30. The zero-order chi connectivity index (χ0) is 25.9. The molecule has 0 atom stereocenters. The van der Waals surface area contributed by atoms with Crippen molar-refractivity contribution in [1.82, 2.24) is 39.8 Å². The maximum Gasteiger partial charge on any atom is 0.295 e. The third-order valence-electron chi connectivity index (χ3n) is 6.10. The SMILES string of the molecule is C=C/C(OC)=c1/c(C(=O)C(=O)N2CCc3c(ncnc3-c3ccccn3)C2)c[nH]/c1=C(/N)n1ccnn1. The molecule has 0 aromatic carbocycles. The van der Waals surface area contributed by atoms with Crippen LogP contribution in [-0.2, 0) is 22.5 Å². The number of carbonyl (C=O) groups excluding carboxylic acids is 2. The molecule has 1 amide bonds. The molecule has 0 aliphatic carbocycles. The number of Topliss-reactive ketones (excluding diaryl/α,β-unsaturated/α-hetero) is 1. The lowest BCUT2D eigenvalue weighted by Gasteiger charge is -2.28. The van der Waals surface area contributed by atoms with Crippen LogP contribution in [0.4, 0.5) is 0 Å². The number of pyridine rings is 1. The maximum absolute atomic E-state index is 13.5. The van der Waals surface area contributed by atoms with Crippen molar-refractivity contribution in [2.24, 2.45) is 5.73 Å². The second-order valence-electron chi connectivity index (χ2n) is 8.13. The number of hydrogen-bond acceptors (Lipinski definition) is 9. The molecule has 1 aliphatic heterocycles. The highest BCUT2D eigenvalue weighted by atomic mass is 16.5. The summed E-state index contributed by atoms with van der Waals surface area (Å²) in [6, 6.07) is 5.60. The molecule has 4 aromatic heterocycles. The second-order valence-corrected chi connectivity index (χ2v) is 8.13. The Labute approximate surface area is 210 Å². The number of ether oxygens (including phenoxy) is 1. The lowest BCUT2D eigenvalue weighted by molar-refractivity contribution is -0.127. The smallest absolute Gasteiger partial charge is 0.295 e. The molecule has 0 saturated heterocycles. The molecule has 12 nitrogen and oxygen atoms in total. The average molecular weight is 498 g/mol. The van der Waals surface area contributed by atoms with Gasteiger partial charge in [0.15, 0.2) is 5.82 Å². The van der Waals surface area contributed by atoms with Gasteiger partial charge in [0.2, 0.25) is 0 Å². The van der Waals surface area contributed by atoms with Crippen LogP contribution in [0.2, 0.25) is 0 Å². The maximum atomic E-state index is 13.5. The summed E-state index contributed by atoms with van der Waals surface area (Å²) in [6.45, 7) is 4.26. The van der Waals surface area contributed by atoms with E-state index in [-0.39, 0.29) is 23.7 Å². The highest BCUT2D eigenvalue weighted by molar-refractivity contribution is 6.42. The van der Waals surface area contributed by atoms with Crippen molar-refractivity contribution < 1.29 is 14.3 Å². The normalized spacial score (nSPS) is 14.5. The van der Waals surface area contributed by atoms with Gasteiger partial charge < -0.3 is 20.4 Å². The molecular formula is C25H23N9O3. The van der Waals surface area contributed by atoms with Gasteiger partial charge in [0.05, 0.1) is 59.3 Å². The quantitative estimate of drug-likeness (QED) is 0.270. The number of ketones is 1. The van der Waals surface area contributed by atoms with E-state index in [2.05, 4.69) is 36.8 Å². The van der Waals surface area contributed by atoms with Crippen LogP contribution in [0.15, 0.2) is 62.0 Å². The van der Waals surface area contributed by atoms with E-state index in [0.717, 1.165) is 17.0 Å². The van der Waals surface area contributed by atoms with E-state index in [4.69, 9.17) is 10.5 Å². The van der Waals surface area contributed by atoms with Gasteiger partial charge in [0, 0.05) is 24.5 Å². The molecule has 12 heteroatoms. The van der Waals surface area contributed by atoms with Crippen LogP contribution in [0.5, 0.6) is 0 Å². The van der Waals surface area contributed by atoms with Gasteiger partial charge in [-0.1, -0.05) is 17.9 Å². The lowest BCUT2D eigenvalue weighted by atomic mass is 10.00. The molecule has 5 rings (SSSR count). The van der Waals surface area contributed by atoms with Crippen molar-refractivity contribution >= 4 is 23.3 Å². The van der Waals surface area contributed by atoms with Gasteiger partial charge in [-0.05, 0) is 24.6 Å². The van der Waals surface area contributed by atoms with Crippen molar-refractivity contribution in [1.29, 1.82) is 0 Å². The first-order valence-corrected chi connectivity index (χ1v) is 11.4. The lowest BCUT2D eigenvalue weighted by Crippen LogP contribution is -2.43. The minimum Gasteiger partial charge on any atom is -0.496 e. The van der Waals surface area contributed by atoms with E-state index in [1.54, 1.807) is 12.4 Å². The van der Waals surface area contributed by atoms with Crippen molar-refractivity contribution in [3.63, 3.8) is 0 Å². The van der Waals surface area contributed by atoms with E-state index in [1.807, 2.05) is 18.2 Å². The number of H-pyrrole nitrogens is 1. The van der Waals surface area contributed by atoms with Crippen molar-refractivity contribution in [3.8, 4) is 11.4 Å². The minimum absolute atomic E-state index is 0.0995. The summed E-state index contributed by atoms with van der Waals surface area (Å²) >= 11 is 0. The topological polar surface area (TPSA) is 158 Å². The number of aromatic amines is 1. The molecule has 186 valence electrons. The van der Waals surface area contributed by atoms with E-state index in [1.165, 1.54) is 41.5 Å². The predicted molar refractivity (Wildman–Crippen MR) is 132 cm³/mol. The molecule has 4 aromatic rings. The fraction of sp³-hybridized carbons (Fsp3) is 0.160. The van der Waals surface area contributed by atoms with Gasteiger partial charge in [-0.3, -0.25) is 14.6 Å². The molecule has 0 bridgehead atoms. The second kappa shape index (κ2) is 9.85. The fourth-order valence-corrected chi connectivity index (χ4v) is 4.31. The molecular weight excluding hydrogens is 474 g/mol. The standard InChI is InChI=1S/C25H23N9O3/c1-3-19(37-2)20-16(12-28-22(20)24(26)34-11-9-31-32-34)23(35)25(36)33-10-7-15-18(13-33)29-14-30-21(15)17-6-4-5-8-27-17/h3-6,8-9,11-12,14,28H,1,7,10,13,26H2,2H3/b20-19+,24-22-. The molecule has 37 heavy (non-hydrogen) atoms. The Hall–Kier alpha value is -5.13. The van der Waals surface area contributed by atoms with Crippen molar-refractivity contribution in [3.05, 3.63) is 89.4 Å². The summed E-state index contributed by atoms with van der Waals surface area (Å²) < 4.78 is 6.77. The van der Waals surface area contributed by atoms with Crippen LogP contribution in [-0.4, -0.2) is 65.2 Å². The highest BCUT2D eigenvalue weighted by Crippen LogP contribution is 2.26. The van der Waals surface area contributed by atoms with Crippen LogP contribution in [0.3, 0.4) is 0 Å². The number of hydrogen-bond donors (Lipinski definition) is 2. The van der Waals surface area contributed by atoms with Crippen molar-refractivity contribution in [2.45, 2.75) is 13.0 Å². The number of aromatic nitrogens is 7. The molecule has 0 radical (unpaired) electrons. The minimum atomic E-state index is -0.720. The fourth-order valence-electron chi connectivity index (χ4n) is 4.31. The van der Waals surface area contributed by atoms with Gasteiger partial charge in [-0.25, -0.2) is 14.6 Å². The Balaban J connectivity index is 1.51. The van der Waals surface area contributed by atoms with Gasteiger partial charge >= 0.3 is 0 Å². The molecule has 0 saturated carbocycles. The Kier molecular flexibility index (Phi) is 6.29. The molecule has 1 aliphatic rings. The van der Waals surface area contributed by atoms with Crippen LogP contribution < -0.4 is 16.3 Å².